The van der Waals surface area contributed by atoms with Crippen LogP contribution >= 0.6 is 11.3 Å². The Labute approximate surface area is 123 Å². The fourth-order valence-corrected chi connectivity index (χ4v) is 3.02. The number of aromatic nitrogens is 1. The molecule has 6 heteroatoms. The van der Waals surface area contributed by atoms with Crippen LogP contribution in [0.2, 0.25) is 0 Å². The lowest BCUT2D eigenvalue weighted by Crippen LogP contribution is -2.42. The summed E-state index contributed by atoms with van der Waals surface area (Å²) in [6.07, 6.45) is 2.48. The highest BCUT2D eigenvalue weighted by atomic mass is 32.1. The molecule has 1 unspecified atom stereocenters. The lowest BCUT2D eigenvalue weighted by Gasteiger charge is -2.34. The fourth-order valence-electron chi connectivity index (χ4n) is 2.31. The molecular weight excluding hydrogens is 276 g/mol. The van der Waals surface area contributed by atoms with Gasteiger partial charge < -0.3 is 14.7 Å². The SMILES string of the molecule is CC(C)(C)OC(=O)N1CCC(C(O)c2nccs2)CC1. The van der Waals surface area contributed by atoms with Crippen molar-refractivity contribution in [3.8, 4) is 0 Å². The Morgan fingerprint density at radius 3 is 2.65 bits per heavy atom. The van der Waals surface area contributed by atoms with E-state index in [4.69, 9.17) is 4.74 Å². The standard InChI is InChI=1S/C14H22N2O3S/c1-14(2,3)19-13(18)16-7-4-10(5-8-16)11(17)12-15-6-9-20-12/h6,9-11,17H,4-5,7-8H2,1-3H3. The molecule has 0 bridgehead atoms. The van der Waals surface area contributed by atoms with E-state index in [0.717, 1.165) is 17.8 Å². The van der Waals surface area contributed by atoms with E-state index < -0.39 is 11.7 Å². The van der Waals surface area contributed by atoms with E-state index in [-0.39, 0.29) is 12.0 Å². The largest absolute Gasteiger partial charge is 0.444 e. The minimum absolute atomic E-state index is 0.167. The van der Waals surface area contributed by atoms with Gasteiger partial charge in [0.2, 0.25) is 0 Å². The molecule has 1 aliphatic heterocycles. The summed E-state index contributed by atoms with van der Waals surface area (Å²) in [5, 5.41) is 12.9. The van der Waals surface area contributed by atoms with Crippen LogP contribution in [0, 0.1) is 5.92 Å². The molecule has 0 aromatic carbocycles. The van der Waals surface area contributed by atoms with Gasteiger partial charge in [0.25, 0.3) is 0 Å². The Hall–Kier alpha value is -1.14. The van der Waals surface area contributed by atoms with Crippen LogP contribution in [0.3, 0.4) is 0 Å². The maximum absolute atomic E-state index is 11.9. The molecule has 1 atom stereocenters. The van der Waals surface area contributed by atoms with Crippen LogP contribution in [0.1, 0.15) is 44.7 Å². The minimum atomic E-state index is -0.518. The van der Waals surface area contributed by atoms with E-state index in [1.54, 1.807) is 11.1 Å². The average Bonchev–Trinajstić information content (AvgIpc) is 2.90. The molecule has 0 spiro atoms. The number of ether oxygens (including phenoxy) is 1. The van der Waals surface area contributed by atoms with Gasteiger partial charge in [-0.15, -0.1) is 11.3 Å². The summed E-state index contributed by atoms with van der Waals surface area (Å²) in [5.74, 6) is 0.167. The summed E-state index contributed by atoms with van der Waals surface area (Å²) in [4.78, 5) is 17.8. The van der Waals surface area contributed by atoms with Gasteiger partial charge in [-0.3, -0.25) is 0 Å². The van der Waals surface area contributed by atoms with Crippen molar-refractivity contribution in [2.75, 3.05) is 13.1 Å². The molecule has 1 aromatic heterocycles. The number of likely N-dealkylation sites (tertiary alicyclic amines) is 1. The molecule has 5 nitrogen and oxygen atoms in total. The van der Waals surface area contributed by atoms with Gasteiger partial charge in [-0.2, -0.15) is 0 Å². The minimum Gasteiger partial charge on any atom is -0.444 e. The number of amides is 1. The van der Waals surface area contributed by atoms with E-state index >= 15 is 0 Å². The highest BCUT2D eigenvalue weighted by molar-refractivity contribution is 7.09. The third kappa shape index (κ3) is 3.93. The molecule has 20 heavy (non-hydrogen) atoms. The zero-order valence-corrected chi connectivity index (χ0v) is 13.0. The van der Waals surface area contributed by atoms with Crippen molar-refractivity contribution in [2.45, 2.75) is 45.3 Å². The van der Waals surface area contributed by atoms with Gasteiger partial charge in [0.15, 0.2) is 0 Å². The topological polar surface area (TPSA) is 62.7 Å². The number of carbonyl (C=O) groups is 1. The number of rotatable bonds is 2. The first-order valence-electron chi connectivity index (χ1n) is 6.92. The fraction of sp³-hybridized carbons (Fsp3) is 0.714. The molecule has 0 radical (unpaired) electrons. The molecule has 1 N–H and O–H groups in total. The number of aliphatic hydroxyl groups excluding tert-OH is 1. The first kappa shape index (κ1) is 15.3. The van der Waals surface area contributed by atoms with E-state index in [2.05, 4.69) is 4.98 Å². The van der Waals surface area contributed by atoms with Crippen LogP contribution in [0.25, 0.3) is 0 Å². The smallest absolute Gasteiger partial charge is 0.410 e. The Bertz CT molecular complexity index is 434. The lowest BCUT2D eigenvalue weighted by atomic mass is 9.91. The van der Waals surface area contributed by atoms with Crippen LogP contribution in [0.5, 0.6) is 0 Å². The van der Waals surface area contributed by atoms with E-state index in [1.807, 2.05) is 26.2 Å². The Kier molecular flexibility index (Phi) is 4.65. The first-order valence-corrected chi connectivity index (χ1v) is 7.80. The van der Waals surface area contributed by atoms with Crippen molar-refractivity contribution >= 4 is 17.4 Å². The Balaban J connectivity index is 1.85. The molecule has 1 fully saturated rings. The summed E-state index contributed by atoms with van der Waals surface area (Å²) in [7, 11) is 0. The van der Waals surface area contributed by atoms with E-state index in [1.165, 1.54) is 11.3 Å². The number of thiazole rings is 1. The number of carbonyl (C=O) groups excluding carboxylic acids is 1. The molecule has 112 valence electrons. The van der Waals surface area contributed by atoms with Crippen LogP contribution in [-0.2, 0) is 4.74 Å². The van der Waals surface area contributed by atoms with Crippen molar-refractivity contribution in [1.82, 2.24) is 9.88 Å². The van der Waals surface area contributed by atoms with Crippen molar-refractivity contribution in [3.63, 3.8) is 0 Å². The molecule has 0 aliphatic carbocycles. The van der Waals surface area contributed by atoms with Gasteiger partial charge in [-0.1, -0.05) is 0 Å². The van der Waals surface area contributed by atoms with E-state index in [0.29, 0.717) is 13.1 Å². The summed E-state index contributed by atoms with van der Waals surface area (Å²) in [5.41, 5.74) is -0.464. The third-order valence-electron chi connectivity index (χ3n) is 3.34. The number of hydrogen-bond donors (Lipinski definition) is 1. The monoisotopic (exact) mass is 298 g/mol. The van der Waals surface area contributed by atoms with Crippen molar-refractivity contribution < 1.29 is 14.6 Å². The maximum Gasteiger partial charge on any atom is 0.410 e. The highest BCUT2D eigenvalue weighted by Gasteiger charge is 2.31. The lowest BCUT2D eigenvalue weighted by molar-refractivity contribution is 0.00765. The van der Waals surface area contributed by atoms with Gasteiger partial charge >= 0.3 is 6.09 Å². The molecule has 2 heterocycles. The second kappa shape index (κ2) is 6.10. The normalized spacial score (nSPS) is 18.9. The number of piperidine rings is 1. The third-order valence-corrected chi connectivity index (χ3v) is 4.19. The van der Waals surface area contributed by atoms with Crippen LogP contribution in [0.4, 0.5) is 4.79 Å². The van der Waals surface area contributed by atoms with Crippen molar-refractivity contribution in [3.05, 3.63) is 16.6 Å². The summed E-state index contributed by atoms with van der Waals surface area (Å²) in [6.45, 7) is 6.85. The highest BCUT2D eigenvalue weighted by Crippen LogP contribution is 2.31. The van der Waals surface area contributed by atoms with Crippen LogP contribution in [-0.4, -0.2) is 39.8 Å². The van der Waals surface area contributed by atoms with Gasteiger partial charge in [-0.05, 0) is 39.5 Å². The summed E-state index contributed by atoms with van der Waals surface area (Å²) >= 11 is 1.47. The van der Waals surface area contributed by atoms with Crippen molar-refractivity contribution in [2.24, 2.45) is 5.92 Å². The van der Waals surface area contributed by atoms with Gasteiger partial charge in [0, 0.05) is 24.7 Å². The first-order chi connectivity index (χ1) is 9.37. The Morgan fingerprint density at radius 1 is 1.50 bits per heavy atom. The summed E-state index contributed by atoms with van der Waals surface area (Å²) < 4.78 is 5.36. The predicted molar refractivity (Wildman–Crippen MR) is 77.6 cm³/mol. The van der Waals surface area contributed by atoms with Gasteiger partial charge in [0.1, 0.15) is 16.7 Å². The number of aliphatic hydroxyl groups is 1. The molecule has 2 rings (SSSR count). The van der Waals surface area contributed by atoms with Crippen molar-refractivity contribution in [1.29, 1.82) is 0 Å². The molecule has 1 saturated heterocycles. The maximum atomic E-state index is 11.9. The second-order valence-electron chi connectivity index (χ2n) is 6.12. The van der Waals surface area contributed by atoms with Crippen LogP contribution in [0.15, 0.2) is 11.6 Å². The van der Waals surface area contributed by atoms with Crippen LogP contribution < -0.4 is 0 Å². The molecule has 1 aliphatic rings. The van der Waals surface area contributed by atoms with Gasteiger partial charge in [0.05, 0.1) is 0 Å². The zero-order valence-electron chi connectivity index (χ0n) is 12.2. The molecule has 1 aromatic rings. The quantitative estimate of drug-likeness (QED) is 0.912. The Morgan fingerprint density at radius 2 is 2.15 bits per heavy atom. The number of nitrogens with zero attached hydrogens (tertiary/aromatic N) is 2. The number of hydrogen-bond acceptors (Lipinski definition) is 5. The average molecular weight is 298 g/mol. The van der Waals surface area contributed by atoms with Gasteiger partial charge in [-0.25, -0.2) is 9.78 Å². The molecular formula is C14H22N2O3S. The molecule has 0 saturated carbocycles. The van der Waals surface area contributed by atoms with E-state index in [9.17, 15) is 9.90 Å². The summed E-state index contributed by atoms with van der Waals surface area (Å²) in [6, 6.07) is 0. The second-order valence-corrected chi connectivity index (χ2v) is 7.05. The molecule has 1 amide bonds. The zero-order chi connectivity index (χ0) is 14.8. The predicted octanol–water partition coefficient (Wildman–Crippen LogP) is 2.82.